The molecule has 1 aliphatic heterocycles. The number of ether oxygens (including phenoxy) is 1. The van der Waals surface area contributed by atoms with Gasteiger partial charge >= 0.3 is 0 Å². The Bertz CT molecular complexity index is 265. The summed E-state index contributed by atoms with van der Waals surface area (Å²) in [4.78, 5) is 13.8. The van der Waals surface area contributed by atoms with Crippen molar-refractivity contribution in [2.24, 2.45) is 5.73 Å². The molecule has 0 saturated carbocycles. The fourth-order valence-electron chi connectivity index (χ4n) is 2.40. The third kappa shape index (κ3) is 4.23. The van der Waals surface area contributed by atoms with Crippen LogP contribution >= 0.6 is 0 Å². The summed E-state index contributed by atoms with van der Waals surface area (Å²) in [6.45, 7) is 5.07. The first-order chi connectivity index (χ1) is 8.51. The van der Waals surface area contributed by atoms with Gasteiger partial charge in [0, 0.05) is 20.2 Å². The van der Waals surface area contributed by atoms with Crippen LogP contribution < -0.4 is 11.1 Å². The molecule has 0 aromatic heterocycles. The monoisotopic (exact) mass is 257 g/mol. The molecule has 1 amide bonds. The first-order valence-corrected chi connectivity index (χ1v) is 6.76. The zero-order valence-electron chi connectivity index (χ0n) is 11.9. The summed E-state index contributed by atoms with van der Waals surface area (Å²) in [5.74, 6) is -0.275. The van der Waals surface area contributed by atoms with Crippen molar-refractivity contribution in [1.29, 1.82) is 0 Å². The lowest BCUT2D eigenvalue weighted by Gasteiger charge is -2.32. The van der Waals surface area contributed by atoms with Gasteiger partial charge in [-0.3, -0.25) is 4.79 Å². The lowest BCUT2D eigenvalue weighted by atomic mass is 9.95. The fourth-order valence-corrected chi connectivity index (χ4v) is 2.40. The van der Waals surface area contributed by atoms with Crippen LogP contribution in [0, 0.1) is 0 Å². The van der Waals surface area contributed by atoms with Crippen molar-refractivity contribution < 1.29 is 9.53 Å². The molecule has 3 N–H and O–H groups in total. The minimum Gasteiger partial charge on any atom is -0.381 e. The van der Waals surface area contributed by atoms with E-state index in [4.69, 9.17) is 10.5 Å². The number of likely N-dealkylation sites (N-methyl/N-ethyl adjacent to an activating group) is 1. The highest BCUT2D eigenvalue weighted by Crippen LogP contribution is 2.16. The van der Waals surface area contributed by atoms with Gasteiger partial charge in [-0.1, -0.05) is 0 Å². The standard InChI is InChI=1S/C13H27N3O2/c1-13(15-2,12(14)17)7-4-8-16-9-5-11(18-3)6-10-16/h11,15H,4-10H2,1-3H3,(H2,14,17). The van der Waals surface area contributed by atoms with Gasteiger partial charge in [0.1, 0.15) is 0 Å². The van der Waals surface area contributed by atoms with Crippen molar-refractivity contribution in [3.05, 3.63) is 0 Å². The van der Waals surface area contributed by atoms with E-state index in [1.165, 1.54) is 0 Å². The highest BCUT2D eigenvalue weighted by atomic mass is 16.5. The van der Waals surface area contributed by atoms with Crippen LogP contribution in [-0.2, 0) is 9.53 Å². The number of methoxy groups -OCH3 is 1. The number of likely N-dealkylation sites (tertiary alicyclic amines) is 1. The van der Waals surface area contributed by atoms with E-state index in [0.29, 0.717) is 6.10 Å². The van der Waals surface area contributed by atoms with E-state index in [1.807, 2.05) is 6.92 Å². The van der Waals surface area contributed by atoms with Crippen LogP contribution in [0.15, 0.2) is 0 Å². The lowest BCUT2D eigenvalue weighted by molar-refractivity contribution is -0.123. The quantitative estimate of drug-likeness (QED) is 0.690. The summed E-state index contributed by atoms with van der Waals surface area (Å²) < 4.78 is 5.35. The van der Waals surface area contributed by atoms with E-state index in [1.54, 1.807) is 14.2 Å². The summed E-state index contributed by atoms with van der Waals surface area (Å²) in [6.07, 6.45) is 4.40. The van der Waals surface area contributed by atoms with Gasteiger partial charge in [0.2, 0.25) is 5.91 Å². The number of hydrogen-bond acceptors (Lipinski definition) is 4. The number of amides is 1. The summed E-state index contributed by atoms with van der Waals surface area (Å²) in [5.41, 5.74) is 4.83. The normalized spacial score (nSPS) is 21.7. The van der Waals surface area contributed by atoms with Gasteiger partial charge in [-0.05, 0) is 46.2 Å². The predicted molar refractivity (Wildman–Crippen MR) is 72.4 cm³/mol. The Morgan fingerprint density at radius 3 is 2.56 bits per heavy atom. The molecule has 5 nitrogen and oxygen atoms in total. The van der Waals surface area contributed by atoms with Crippen LogP contribution in [0.4, 0.5) is 0 Å². The second-order valence-corrected chi connectivity index (χ2v) is 5.33. The van der Waals surface area contributed by atoms with E-state index in [0.717, 1.165) is 45.3 Å². The number of hydrogen-bond donors (Lipinski definition) is 2. The number of carbonyl (C=O) groups is 1. The molecule has 18 heavy (non-hydrogen) atoms. The van der Waals surface area contributed by atoms with E-state index in [2.05, 4.69) is 10.2 Å². The number of rotatable bonds is 7. The summed E-state index contributed by atoms with van der Waals surface area (Å²) in [7, 11) is 3.57. The van der Waals surface area contributed by atoms with Crippen LogP contribution in [0.25, 0.3) is 0 Å². The third-order valence-corrected chi connectivity index (χ3v) is 4.11. The van der Waals surface area contributed by atoms with Gasteiger partial charge in [0.05, 0.1) is 11.6 Å². The van der Waals surface area contributed by atoms with E-state index < -0.39 is 5.54 Å². The molecular weight excluding hydrogens is 230 g/mol. The maximum atomic E-state index is 11.3. The number of nitrogens with one attached hydrogen (secondary N) is 1. The molecule has 0 aromatic rings. The van der Waals surface area contributed by atoms with Crippen molar-refractivity contribution in [1.82, 2.24) is 10.2 Å². The van der Waals surface area contributed by atoms with Crippen molar-refractivity contribution in [2.75, 3.05) is 33.8 Å². The Morgan fingerprint density at radius 1 is 1.50 bits per heavy atom. The molecule has 1 fully saturated rings. The van der Waals surface area contributed by atoms with Gasteiger partial charge in [-0.15, -0.1) is 0 Å². The van der Waals surface area contributed by atoms with Gasteiger partial charge in [-0.2, -0.15) is 0 Å². The Labute approximate surface area is 110 Å². The maximum Gasteiger partial charge on any atom is 0.237 e. The molecule has 5 heteroatoms. The molecule has 1 rings (SSSR count). The molecule has 106 valence electrons. The Morgan fingerprint density at radius 2 is 2.11 bits per heavy atom. The highest BCUT2D eigenvalue weighted by molar-refractivity contribution is 5.84. The highest BCUT2D eigenvalue weighted by Gasteiger charge is 2.28. The topological polar surface area (TPSA) is 67.6 Å². The summed E-state index contributed by atoms with van der Waals surface area (Å²) in [5, 5.41) is 3.02. The first-order valence-electron chi connectivity index (χ1n) is 6.76. The van der Waals surface area contributed by atoms with Crippen LogP contribution in [0.5, 0.6) is 0 Å². The van der Waals surface area contributed by atoms with Gasteiger partial charge < -0.3 is 20.7 Å². The third-order valence-electron chi connectivity index (χ3n) is 4.11. The Hall–Kier alpha value is -0.650. The van der Waals surface area contributed by atoms with Gasteiger partial charge in [-0.25, -0.2) is 0 Å². The molecule has 0 bridgehead atoms. The van der Waals surface area contributed by atoms with Gasteiger partial charge in [0.15, 0.2) is 0 Å². The molecule has 0 spiro atoms. The average molecular weight is 257 g/mol. The van der Waals surface area contributed by atoms with E-state index >= 15 is 0 Å². The SMILES string of the molecule is CNC(C)(CCCN1CCC(OC)CC1)C(N)=O. The average Bonchev–Trinajstić information content (AvgIpc) is 2.39. The second kappa shape index (κ2) is 7.07. The largest absolute Gasteiger partial charge is 0.381 e. The zero-order chi connectivity index (χ0) is 13.6. The van der Waals surface area contributed by atoms with Crippen LogP contribution in [-0.4, -0.2) is 56.2 Å². The number of nitrogens with zero attached hydrogens (tertiary/aromatic N) is 1. The van der Waals surface area contributed by atoms with Crippen molar-refractivity contribution >= 4 is 5.91 Å². The second-order valence-electron chi connectivity index (χ2n) is 5.33. The fraction of sp³-hybridized carbons (Fsp3) is 0.923. The number of piperidine rings is 1. The van der Waals surface area contributed by atoms with Crippen LogP contribution in [0.2, 0.25) is 0 Å². The molecule has 1 saturated heterocycles. The molecule has 1 heterocycles. The predicted octanol–water partition coefficient (Wildman–Crippen LogP) is 0.341. The number of carbonyl (C=O) groups excluding carboxylic acids is 1. The summed E-state index contributed by atoms with van der Waals surface area (Å²) >= 11 is 0. The first kappa shape index (κ1) is 15.4. The molecule has 1 atom stereocenters. The molecule has 1 aliphatic rings. The molecule has 1 unspecified atom stereocenters. The molecule has 0 aromatic carbocycles. The van der Waals surface area contributed by atoms with Crippen molar-refractivity contribution in [2.45, 2.75) is 44.2 Å². The zero-order valence-corrected chi connectivity index (χ0v) is 11.9. The van der Waals surface area contributed by atoms with Crippen molar-refractivity contribution in [3.8, 4) is 0 Å². The molecule has 0 aliphatic carbocycles. The molecule has 0 radical (unpaired) electrons. The van der Waals surface area contributed by atoms with Crippen molar-refractivity contribution in [3.63, 3.8) is 0 Å². The minimum absolute atomic E-state index is 0.275. The maximum absolute atomic E-state index is 11.3. The Kier molecular flexibility index (Phi) is 6.05. The number of nitrogens with two attached hydrogens (primary N) is 1. The Balaban J connectivity index is 2.24. The van der Waals surface area contributed by atoms with Crippen LogP contribution in [0.1, 0.15) is 32.6 Å². The van der Waals surface area contributed by atoms with E-state index in [9.17, 15) is 4.79 Å². The number of primary amides is 1. The molecular formula is C13H27N3O2. The minimum atomic E-state index is -0.579. The van der Waals surface area contributed by atoms with Gasteiger partial charge in [0.25, 0.3) is 0 Å². The van der Waals surface area contributed by atoms with E-state index in [-0.39, 0.29) is 5.91 Å². The lowest BCUT2D eigenvalue weighted by Crippen LogP contribution is -2.51. The van der Waals surface area contributed by atoms with Crippen LogP contribution in [0.3, 0.4) is 0 Å². The smallest absolute Gasteiger partial charge is 0.237 e. The summed E-state index contributed by atoms with van der Waals surface area (Å²) in [6, 6.07) is 0.